The third-order valence-corrected chi connectivity index (χ3v) is 4.42. The molecule has 156 valence electrons. The molecule has 0 aliphatic carbocycles. The predicted octanol–water partition coefficient (Wildman–Crippen LogP) is 3.96. The first-order valence-corrected chi connectivity index (χ1v) is 9.93. The number of halogens is 1. The van der Waals surface area contributed by atoms with E-state index in [9.17, 15) is 4.79 Å². The zero-order chi connectivity index (χ0) is 21.2. The van der Waals surface area contributed by atoms with Gasteiger partial charge in [-0.15, -0.1) is 0 Å². The van der Waals surface area contributed by atoms with Crippen molar-refractivity contribution in [3.63, 3.8) is 0 Å². The summed E-state index contributed by atoms with van der Waals surface area (Å²) in [6.07, 6.45) is 1.71. The molecule has 2 rings (SSSR count). The summed E-state index contributed by atoms with van der Waals surface area (Å²) in [4.78, 5) is 12.2. The molecule has 0 saturated carbocycles. The van der Waals surface area contributed by atoms with Gasteiger partial charge in [0.2, 0.25) is 5.91 Å². The van der Waals surface area contributed by atoms with Gasteiger partial charge in [-0.05, 0) is 65.2 Å². The molecular formula is C21H25BrN2O5. The molecule has 1 amide bonds. The van der Waals surface area contributed by atoms with Crippen molar-refractivity contribution in [2.45, 2.75) is 20.3 Å². The Morgan fingerprint density at radius 3 is 2.41 bits per heavy atom. The van der Waals surface area contributed by atoms with Crippen LogP contribution in [0.5, 0.6) is 23.0 Å². The number of nitrogens with zero attached hydrogens (tertiary/aromatic N) is 1. The van der Waals surface area contributed by atoms with E-state index in [-0.39, 0.29) is 12.3 Å². The maximum absolute atomic E-state index is 12.2. The second kappa shape index (κ2) is 11.3. The molecule has 7 nitrogen and oxygen atoms in total. The van der Waals surface area contributed by atoms with Crippen molar-refractivity contribution in [2.24, 2.45) is 5.10 Å². The third kappa shape index (κ3) is 6.39. The molecule has 0 saturated heterocycles. The van der Waals surface area contributed by atoms with Crippen molar-refractivity contribution in [1.29, 1.82) is 0 Å². The van der Waals surface area contributed by atoms with E-state index in [2.05, 4.69) is 26.5 Å². The number of rotatable bonds is 10. The monoisotopic (exact) mass is 464 g/mol. The molecule has 0 aliphatic rings. The van der Waals surface area contributed by atoms with Gasteiger partial charge in [0.25, 0.3) is 0 Å². The van der Waals surface area contributed by atoms with E-state index in [1.807, 2.05) is 32.0 Å². The van der Waals surface area contributed by atoms with Crippen molar-refractivity contribution < 1.29 is 23.7 Å². The fourth-order valence-electron chi connectivity index (χ4n) is 2.60. The first kappa shape index (κ1) is 22.5. The van der Waals surface area contributed by atoms with Crippen molar-refractivity contribution in [2.75, 3.05) is 27.4 Å². The number of hydrogen-bond acceptors (Lipinski definition) is 6. The van der Waals surface area contributed by atoms with Gasteiger partial charge in [0.05, 0.1) is 44.5 Å². The van der Waals surface area contributed by atoms with Gasteiger partial charge in [-0.3, -0.25) is 4.79 Å². The van der Waals surface area contributed by atoms with Crippen LogP contribution in [-0.4, -0.2) is 39.6 Å². The Balaban J connectivity index is 2.04. The van der Waals surface area contributed by atoms with E-state index in [0.29, 0.717) is 36.2 Å². The highest BCUT2D eigenvalue weighted by Gasteiger charge is 2.11. The second-order valence-corrected chi connectivity index (χ2v) is 6.71. The lowest BCUT2D eigenvalue weighted by atomic mass is 10.1. The van der Waals surface area contributed by atoms with E-state index >= 15 is 0 Å². The van der Waals surface area contributed by atoms with Gasteiger partial charge in [-0.2, -0.15) is 5.10 Å². The van der Waals surface area contributed by atoms with Crippen LogP contribution in [0.4, 0.5) is 0 Å². The number of benzene rings is 2. The highest BCUT2D eigenvalue weighted by molar-refractivity contribution is 9.10. The summed E-state index contributed by atoms with van der Waals surface area (Å²) in [5.74, 6) is 2.19. The molecule has 29 heavy (non-hydrogen) atoms. The number of carbonyl (C=O) groups excluding carboxylic acids is 1. The SMILES string of the molecule is CCOc1cc(/C=N/NC(=O)Cc2ccc(OC)c(OC)c2)cc(Br)c1OCC. The van der Waals surface area contributed by atoms with Crippen LogP contribution in [-0.2, 0) is 11.2 Å². The quantitative estimate of drug-likeness (QED) is 0.425. The minimum absolute atomic E-state index is 0.162. The number of methoxy groups -OCH3 is 2. The lowest BCUT2D eigenvalue weighted by molar-refractivity contribution is -0.120. The zero-order valence-electron chi connectivity index (χ0n) is 17.0. The number of carbonyl (C=O) groups is 1. The Kier molecular flexibility index (Phi) is 8.79. The summed E-state index contributed by atoms with van der Waals surface area (Å²) < 4.78 is 22.5. The van der Waals surface area contributed by atoms with Gasteiger partial charge in [-0.1, -0.05) is 6.07 Å². The van der Waals surface area contributed by atoms with Crippen molar-refractivity contribution in [1.82, 2.24) is 5.43 Å². The average Bonchev–Trinajstić information content (AvgIpc) is 2.70. The molecule has 2 aromatic carbocycles. The molecule has 0 heterocycles. The van der Waals surface area contributed by atoms with Crippen LogP contribution in [0.3, 0.4) is 0 Å². The topological polar surface area (TPSA) is 78.4 Å². The van der Waals surface area contributed by atoms with Gasteiger partial charge in [0.15, 0.2) is 23.0 Å². The normalized spacial score (nSPS) is 10.7. The molecule has 2 aromatic rings. The highest BCUT2D eigenvalue weighted by Crippen LogP contribution is 2.36. The number of ether oxygens (including phenoxy) is 4. The molecule has 0 spiro atoms. The maximum atomic E-state index is 12.2. The molecule has 0 radical (unpaired) electrons. The van der Waals surface area contributed by atoms with E-state index in [1.54, 1.807) is 32.6 Å². The summed E-state index contributed by atoms with van der Waals surface area (Å²) in [6, 6.07) is 8.99. The standard InChI is InChI=1S/C21H25BrN2O5/c1-5-28-19-11-15(9-16(22)21(19)29-6-2)13-23-24-20(25)12-14-7-8-17(26-3)18(10-14)27-4/h7-11,13H,5-6,12H2,1-4H3,(H,24,25)/b23-13+. The van der Waals surface area contributed by atoms with Gasteiger partial charge in [0, 0.05) is 0 Å². The summed E-state index contributed by atoms with van der Waals surface area (Å²) in [5, 5.41) is 4.03. The third-order valence-electron chi connectivity index (χ3n) is 3.84. The fraction of sp³-hybridized carbons (Fsp3) is 0.333. The highest BCUT2D eigenvalue weighted by atomic mass is 79.9. The van der Waals surface area contributed by atoms with Crippen LogP contribution in [0, 0.1) is 0 Å². The minimum Gasteiger partial charge on any atom is -0.493 e. The summed E-state index contributed by atoms with van der Waals surface area (Å²) in [6.45, 7) is 4.84. The Morgan fingerprint density at radius 2 is 1.76 bits per heavy atom. The Labute approximate surface area is 179 Å². The molecule has 1 N–H and O–H groups in total. The van der Waals surface area contributed by atoms with Gasteiger partial charge in [0.1, 0.15) is 0 Å². The summed E-state index contributed by atoms with van der Waals surface area (Å²) in [5.41, 5.74) is 4.08. The zero-order valence-corrected chi connectivity index (χ0v) is 18.5. The lowest BCUT2D eigenvalue weighted by Crippen LogP contribution is -2.19. The predicted molar refractivity (Wildman–Crippen MR) is 115 cm³/mol. The molecule has 0 fully saturated rings. The van der Waals surface area contributed by atoms with Crippen LogP contribution < -0.4 is 24.4 Å². The van der Waals surface area contributed by atoms with E-state index in [4.69, 9.17) is 18.9 Å². The van der Waals surface area contributed by atoms with Crippen LogP contribution in [0.15, 0.2) is 39.9 Å². The van der Waals surface area contributed by atoms with Gasteiger partial charge >= 0.3 is 0 Å². The van der Waals surface area contributed by atoms with Crippen LogP contribution in [0.2, 0.25) is 0 Å². The smallest absolute Gasteiger partial charge is 0.244 e. The second-order valence-electron chi connectivity index (χ2n) is 5.86. The van der Waals surface area contributed by atoms with Crippen LogP contribution >= 0.6 is 15.9 Å². The van der Waals surface area contributed by atoms with Crippen molar-refractivity contribution in [3.05, 3.63) is 45.9 Å². The lowest BCUT2D eigenvalue weighted by Gasteiger charge is -2.13. The Hall–Kier alpha value is -2.74. The Morgan fingerprint density at radius 1 is 1.03 bits per heavy atom. The molecular weight excluding hydrogens is 440 g/mol. The first-order chi connectivity index (χ1) is 14.0. The number of hydrogen-bond donors (Lipinski definition) is 1. The van der Waals surface area contributed by atoms with E-state index in [0.717, 1.165) is 15.6 Å². The molecule has 0 aromatic heterocycles. The molecule has 0 atom stereocenters. The number of hydrazone groups is 1. The van der Waals surface area contributed by atoms with Crippen molar-refractivity contribution in [3.8, 4) is 23.0 Å². The largest absolute Gasteiger partial charge is 0.493 e. The van der Waals surface area contributed by atoms with E-state index < -0.39 is 0 Å². The number of nitrogens with one attached hydrogen (secondary N) is 1. The minimum atomic E-state index is -0.247. The van der Waals surface area contributed by atoms with Crippen LogP contribution in [0.25, 0.3) is 0 Å². The van der Waals surface area contributed by atoms with Crippen molar-refractivity contribution >= 4 is 28.1 Å². The fourth-order valence-corrected chi connectivity index (χ4v) is 3.18. The molecule has 8 heteroatoms. The molecule has 0 bridgehead atoms. The number of amides is 1. The van der Waals surface area contributed by atoms with Gasteiger partial charge < -0.3 is 18.9 Å². The summed E-state index contributed by atoms with van der Waals surface area (Å²) in [7, 11) is 3.12. The average molecular weight is 465 g/mol. The van der Waals surface area contributed by atoms with E-state index in [1.165, 1.54) is 0 Å². The Bertz CT molecular complexity index is 870. The molecule has 0 aliphatic heterocycles. The first-order valence-electron chi connectivity index (χ1n) is 9.14. The molecule has 0 unspecified atom stereocenters. The maximum Gasteiger partial charge on any atom is 0.244 e. The summed E-state index contributed by atoms with van der Waals surface area (Å²) >= 11 is 3.48. The van der Waals surface area contributed by atoms with Gasteiger partial charge in [-0.25, -0.2) is 5.43 Å². The van der Waals surface area contributed by atoms with Crippen LogP contribution in [0.1, 0.15) is 25.0 Å².